The van der Waals surface area contributed by atoms with Crippen molar-refractivity contribution in [3.63, 3.8) is 0 Å². The van der Waals surface area contributed by atoms with E-state index in [0.29, 0.717) is 12.0 Å². The minimum Gasteiger partial charge on any atom is -0.316 e. The number of pyridine rings is 1. The first-order valence-electron chi connectivity index (χ1n) is 6.40. The first-order valence-corrected chi connectivity index (χ1v) is 6.40. The lowest BCUT2D eigenvalue weighted by Crippen LogP contribution is -2.19. The Hall–Kier alpha value is -1.74. The Labute approximate surface area is 107 Å². The Kier molecular flexibility index (Phi) is 4.42. The summed E-state index contributed by atoms with van der Waals surface area (Å²) in [7, 11) is 0. The van der Waals surface area contributed by atoms with Crippen LogP contribution in [0.2, 0.25) is 0 Å². The van der Waals surface area contributed by atoms with Gasteiger partial charge in [0, 0.05) is 30.1 Å². The Morgan fingerprint density at radius 3 is 2.94 bits per heavy atom. The summed E-state index contributed by atoms with van der Waals surface area (Å²) >= 11 is 0. The van der Waals surface area contributed by atoms with Gasteiger partial charge in [-0.25, -0.2) is 0 Å². The number of carbonyl (C=O) groups excluding carboxylic acids is 1. The van der Waals surface area contributed by atoms with Gasteiger partial charge in [-0.05, 0) is 25.1 Å². The predicted molar refractivity (Wildman–Crippen MR) is 73.9 cm³/mol. The average molecular weight is 242 g/mol. The van der Waals surface area contributed by atoms with Crippen molar-refractivity contribution < 1.29 is 4.79 Å². The van der Waals surface area contributed by atoms with Crippen molar-refractivity contribution in [2.24, 2.45) is 0 Å². The molecule has 1 N–H and O–H groups in total. The second-order valence-corrected chi connectivity index (χ2v) is 4.34. The van der Waals surface area contributed by atoms with E-state index in [2.05, 4.69) is 17.2 Å². The number of benzene rings is 1. The van der Waals surface area contributed by atoms with Gasteiger partial charge in [0.15, 0.2) is 5.78 Å². The van der Waals surface area contributed by atoms with Gasteiger partial charge in [0.1, 0.15) is 0 Å². The van der Waals surface area contributed by atoms with Crippen molar-refractivity contribution in [3.05, 3.63) is 42.1 Å². The molecular weight excluding hydrogens is 224 g/mol. The van der Waals surface area contributed by atoms with E-state index in [9.17, 15) is 4.79 Å². The zero-order valence-electron chi connectivity index (χ0n) is 10.6. The highest BCUT2D eigenvalue weighted by atomic mass is 16.1. The van der Waals surface area contributed by atoms with E-state index in [-0.39, 0.29) is 5.78 Å². The van der Waals surface area contributed by atoms with Crippen LogP contribution in [0.3, 0.4) is 0 Å². The van der Waals surface area contributed by atoms with E-state index in [4.69, 9.17) is 0 Å². The van der Waals surface area contributed by atoms with Crippen LogP contribution >= 0.6 is 0 Å². The molecule has 3 heteroatoms. The number of para-hydroxylation sites is 1. The zero-order chi connectivity index (χ0) is 12.8. The van der Waals surface area contributed by atoms with Crippen molar-refractivity contribution >= 4 is 16.7 Å². The lowest BCUT2D eigenvalue weighted by Gasteiger charge is -2.04. The van der Waals surface area contributed by atoms with Crippen LogP contribution in [0.1, 0.15) is 30.1 Å². The highest BCUT2D eigenvalue weighted by Crippen LogP contribution is 2.13. The maximum atomic E-state index is 12.0. The van der Waals surface area contributed by atoms with Crippen LogP contribution in [-0.4, -0.2) is 23.9 Å². The van der Waals surface area contributed by atoms with Gasteiger partial charge < -0.3 is 5.32 Å². The van der Waals surface area contributed by atoms with Gasteiger partial charge in [0.05, 0.1) is 5.52 Å². The summed E-state index contributed by atoms with van der Waals surface area (Å²) in [5.74, 6) is 0.150. The van der Waals surface area contributed by atoms with Gasteiger partial charge in [-0.15, -0.1) is 0 Å². The molecule has 1 aromatic heterocycles. The monoisotopic (exact) mass is 242 g/mol. The molecule has 0 aliphatic rings. The highest BCUT2D eigenvalue weighted by molar-refractivity contribution is 5.98. The summed E-state index contributed by atoms with van der Waals surface area (Å²) in [5, 5.41) is 4.25. The summed E-state index contributed by atoms with van der Waals surface area (Å²) in [5.41, 5.74) is 1.63. The summed E-state index contributed by atoms with van der Waals surface area (Å²) in [6, 6.07) is 9.76. The number of rotatable bonds is 6. The van der Waals surface area contributed by atoms with Gasteiger partial charge in [-0.2, -0.15) is 0 Å². The second-order valence-electron chi connectivity index (χ2n) is 4.34. The number of carbonyl (C=O) groups is 1. The molecule has 0 saturated carbocycles. The summed E-state index contributed by atoms with van der Waals surface area (Å²) in [6.45, 7) is 3.81. The van der Waals surface area contributed by atoms with Crippen LogP contribution < -0.4 is 5.32 Å². The summed E-state index contributed by atoms with van der Waals surface area (Å²) < 4.78 is 0. The van der Waals surface area contributed by atoms with E-state index < -0.39 is 0 Å². The van der Waals surface area contributed by atoms with E-state index in [0.717, 1.165) is 30.4 Å². The van der Waals surface area contributed by atoms with E-state index >= 15 is 0 Å². The molecule has 1 aromatic carbocycles. The molecule has 0 atom stereocenters. The number of nitrogens with one attached hydrogen (secondary N) is 1. The van der Waals surface area contributed by atoms with Crippen LogP contribution in [0, 0.1) is 0 Å². The van der Waals surface area contributed by atoms with Gasteiger partial charge in [0.25, 0.3) is 0 Å². The first-order chi connectivity index (χ1) is 8.81. The number of fused-ring (bicyclic) bond motifs is 1. The van der Waals surface area contributed by atoms with Crippen LogP contribution in [-0.2, 0) is 0 Å². The molecule has 0 bridgehead atoms. The summed E-state index contributed by atoms with van der Waals surface area (Å²) in [6.07, 6.45) is 3.29. The number of hydrogen-bond donors (Lipinski definition) is 1. The largest absolute Gasteiger partial charge is 0.316 e. The molecule has 0 saturated heterocycles. The Morgan fingerprint density at radius 2 is 2.11 bits per heavy atom. The topological polar surface area (TPSA) is 42.0 Å². The minimum absolute atomic E-state index is 0.150. The van der Waals surface area contributed by atoms with Crippen molar-refractivity contribution in [2.75, 3.05) is 13.1 Å². The highest BCUT2D eigenvalue weighted by Gasteiger charge is 2.06. The molecular formula is C15H18N2O. The Morgan fingerprint density at radius 1 is 1.28 bits per heavy atom. The van der Waals surface area contributed by atoms with E-state index in [1.165, 1.54) is 0 Å². The molecule has 18 heavy (non-hydrogen) atoms. The third-order valence-electron chi connectivity index (χ3n) is 2.87. The standard InChI is InChI=1S/C15H18N2O/c1-2-8-16-9-7-15(18)13-10-12-5-3-4-6-14(12)17-11-13/h3-6,10-11,16H,2,7-9H2,1H3. The van der Waals surface area contributed by atoms with Gasteiger partial charge in [0.2, 0.25) is 0 Å². The quantitative estimate of drug-likeness (QED) is 0.625. The van der Waals surface area contributed by atoms with Crippen molar-refractivity contribution in [1.29, 1.82) is 0 Å². The lowest BCUT2D eigenvalue weighted by atomic mass is 10.1. The van der Waals surface area contributed by atoms with Crippen LogP contribution in [0.15, 0.2) is 36.5 Å². The summed E-state index contributed by atoms with van der Waals surface area (Å²) in [4.78, 5) is 16.3. The van der Waals surface area contributed by atoms with Crippen LogP contribution in [0.25, 0.3) is 10.9 Å². The molecule has 0 spiro atoms. The molecule has 2 aromatic rings. The van der Waals surface area contributed by atoms with E-state index in [1.807, 2.05) is 30.3 Å². The molecule has 0 fully saturated rings. The average Bonchev–Trinajstić information content (AvgIpc) is 2.43. The number of Topliss-reactive ketones (excluding diaryl/α,β-unsaturated/α-hetero) is 1. The normalized spacial score (nSPS) is 10.7. The van der Waals surface area contributed by atoms with Crippen molar-refractivity contribution in [1.82, 2.24) is 10.3 Å². The fraction of sp³-hybridized carbons (Fsp3) is 0.333. The SMILES string of the molecule is CCCNCCC(=O)c1cnc2ccccc2c1. The number of hydrogen-bond acceptors (Lipinski definition) is 3. The lowest BCUT2D eigenvalue weighted by molar-refractivity contribution is 0.0982. The Bertz CT molecular complexity index is 537. The smallest absolute Gasteiger partial charge is 0.165 e. The third-order valence-corrected chi connectivity index (χ3v) is 2.87. The van der Waals surface area contributed by atoms with Gasteiger partial charge in [-0.1, -0.05) is 25.1 Å². The molecule has 1 heterocycles. The van der Waals surface area contributed by atoms with Gasteiger partial charge in [-0.3, -0.25) is 9.78 Å². The predicted octanol–water partition coefficient (Wildman–Crippen LogP) is 2.81. The molecule has 0 radical (unpaired) electrons. The molecule has 94 valence electrons. The minimum atomic E-state index is 0.150. The van der Waals surface area contributed by atoms with Crippen molar-refractivity contribution in [3.8, 4) is 0 Å². The van der Waals surface area contributed by atoms with E-state index in [1.54, 1.807) is 6.20 Å². The maximum absolute atomic E-state index is 12.0. The first kappa shape index (κ1) is 12.7. The molecule has 0 aliphatic carbocycles. The number of nitrogens with zero attached hydrogens (tertiary/aromatic N) is 1. The fourth-order valence-electron chi connectivity index (χ4n) is 1.87. The molecule has 0 aliphatic heterocycles. The molecule has 3 nitrogen and oxygen atoms in total. The zero-order valence-corrected chi connectivity index (χ0v) is 10.6. The Balaban J connectivity index is 2.04. The maximum Gasteiger partial charge on any atom is 0.165 e. The number of aromatic nitrogens is 1. The van der Waals surface area contributed by atoms with Crippen LogP contribution in [0.5, 0.6) is 0 Å². The van der Waals surface area contributed by atoms with Crippen molar-refractivity contribution in [2.45, 2.75) is 19.8 Å². The molecule has 0 unspecified atom stereocenters. The van der Waals surface area contributed by atoms with Crippen LogP contribution in [0.4, 0.5) is 0 Å². The third kappa shape index (κ3) is 3.14. The number of ketones is 1. The fourth-order valence-corrected chi connectivity index (χ4v) is 1.87. The second kappa shape index (κ2) is 6.26. The van der Waals surface area contributed by atoms with Gasteiger partial charge >= 0.3 is 0 Å². The molecule has 0 amide bonds. The molecule has 2 rings (SSSR count).